The van der Waals surface area contributed by atoms with Crippen molar-refractivity contribution >= 4 is 35.8 Å². The first kappa shape index (κ1) is 31.2. The van der Waals surface area contributed by atoms with Gasteiger partial charge in [-0.1, -0.05) is 41.5 Å². The average Bonchev–Trinajstić information content (AvgIpc) is 3.34. The fourth-order valence-electron chi connectivity index (χ4n) is 4.71. The molecule has 2 aromatic rings. The summed E-state index contributed by atoms with van der Waals surface area (Å²) in [7, 11) is 1.81. The molecule has 1 heterocycles. The molecule has 8 heteroatoms. The minimum Gasteiger partial charge on any atom is -0.361 e. The van der Waals surface area contributed by atoms with Gasteiger partial charge in [0.1, 0.15) is 24.1 Å². The molecule has 0 spiro atoms. The van der Waals surface area contributed by atoms with Crippen molar-refractivity contribution in [3.63, 3.8) is 0 Å². The molecule has 3 rings (SSSR count). The summed E-state index contributed by atoms with van der Waals surface area (Å²) >= 11 is 1.55. The SMILES string of the molecule is C=O.CCN=CC(C(=N)N(C)C(=N)SCC(C)C1CCCc2ccc(-c3cc(C)on3)cc2CC1)=C(C)C. The summed E-state index contributed by atoms with van der Waals surface area (Å²) < 4.78 is 5.28. The van der Waals surface area contributed by atoms with E-state index < -0.39 is 0 Å². The molecule has 0 fully saturated rings. The monoisotopic (exact) mass is 537 g/mol. The van der Waals surface area contributed by atoms with Gasteiger partial charge in [-0.05, 0) is 88.8 Å². The minimum atomic E-state index is 0.332. The first-order chi connectivity index (χ1) is 18.2. The normalized spacial score (nSPS) is 15.9. The minimum absolute atomic E-state index is 0.332. The van der Waals surface area contributed by atoms with E-state index in [9.17, 15) is 0 Å². The molecule has 0 radical (unpaired) electrons. The Morgan fingerprint density at radius 3 is 2.61 bits per heavy atom. The van der Waals surface area contributed by atoms with Crippen LogP contribution >= 0.6 is 11.8 Å². The second-order valence-corrected chi connectivity index (χ2v) is 11.0. The second kappa shape index (κ2) is 15.4. The van der Waals surface area contributed by atoms with E-state index in [1.165, 1.54) is 24.0 Å². The van der Waals surface area contributed by atoms with Crippen molar-refractivity contribution in [2.45, 2.75) is 66.7 Å². The van der Waals surface area contributed by atoms with Crippen molar-refractivity contribution in [1.82, 2.24) is 10.1 Å². The van der Waals surface area contributed by atoms with Crippen molar-refractivity contribution in [2.75, 3.05) is 19.3 Å². The van der Waals surface area contributed by atoms with Gasteiger partial charge in [-0.3, -0.25) is 15.8 Å². The molecular formula is C30H43N5O2S. The highest BCUT2D eigenvalue weighted by Crippen LogP contribution is 2.32. The highest BCUT2D eigenvalue weighted by Gasteiger charge is 2.23. The Hall–Kier alpha value is -3.00. The maximum atomic E-state index is 8.59. The quantitative estimate of drug-likeness (QED) is 0.292. The maximum absolute atomic E-state index is 8.59. The molecule has 0 amide bonds. The third-order valence-corrected chi connectivity index (χ3v) is 8.30. The van der Waals surface area contributed by atoms with Gasteiger partial charge in [0.25, 0.3) is 0 Å². The molecule has 0 bridgehead atoms. The molecular weight excluding hydrogens is 494 g/mol. The summed E-state index contributed by atoms with van der Waals surface area (Å²) in [4.78, 5) is 14.0. The molecule has 1 aliphatic rings. The van der Waals surface area contributed by atoms with Crippen LogP contribution < -0.4 is 0 Å². The van der Waals surface area contributed by atoms with E-state index in [-0.39, 0.29) is 0 Å². The van der Waals surface area contributed by atoms with Gasteiger partial charge < -0.3 is 14.2 Å². The van der Waals surface area contributed by atoms with Crippen molar-refractivity contribution in [3.8, 4) is 11.3 Å². The number of amidine groups is 2. The summed E-state index contributed by atoms with van der Waals surface area (Å²) in [6, 6.07) is 8.73. The van der Waals surface area contributed by atoms with E-state index in [0.717, 1.165) is 53.2 Å². The molecule has 2 atom stereocenters. The van der Waals surface area contributed by atoms with Gasteiger partial charge in [0.2, 0.25) is 0 Å². The highest BCUT2D eigenvalue weighted by molar-refractivity contribution is 8.13. The Kier molecular flexibility index (Phi) is 12.7. The van der Waals surface area contributed by atoms with Crippen LogP contribution in [0.5, 0.6) is 0 Å². The zero-order valence-corrected chi connectivity index (χ0v) is 24.6. The standard InChI is InChI=1S/C29H41N5OS.CH2O/c1-7-32-17-26(19(2)3)28(30)34(6)29(31)36-18-20(4)22-9-8-10-23-12-14-25(16-24(23)13-11-22)27-15-21(5)35-33-27;1-2/h12,14-17,20,22,30-31H,7-11,13,18H2,1-6H3;1H2. The van der Waals surface area contributed by atoms with E-state index >= 15 is 0 Å². The fourth-order valence-corrected chi connectivity index (χ4v) is 5.69. The van der Waals surface area contributed by atoms with E-state index in [1.807, 2.05) is 47.6 Å². The molecule has 7 nitrogen and oxygen atoms in total. The van der Waals surface area contributed by atoms with Crippen LogP contribution in [-0.4, -0.2) is 53.4 Å². The van der Waals surface area contributed by atoms with Crippen LogP contribution in [0.3, 0.4) is 0 Å². The number of carbonyl (C=O) groups is 1. The Balaban J connectivity index is 0.00000247. The number of likely N-dealkylation sites (N-methyl/N-ethyl adjacent to an activating group) is 1. The number of aryl methyl sites for hydroxylation is 3. The van der Waals surface area contributed by atoms with Gasteiger partial charge in [0, 0.05) is 42.8 Å². The highest BCUT2D eigenvalue weighted by atomic mass is 32.2. The van der Waals surface area contributed by atoms with Crippen LogP contribution in [0.15, 0.2) is 44.9 Å². The van der Waals surface area contributed by atoms with E-state index in [4.69, 9.17) is 20.1 Å². The lowest BCUT2D eigenvalue weighted by Gasteiger charge is -2.28. The Labute approximate surface area is 232 Å². The van der Waals surface area contributed by atoms with Crippen LogP contribution in [0.2, 0.25) is 0 Å². The summed E-state index contributed by atoms with van der Waals surface area (Å²) in [5.41, 5.74) is 6.75. The lowest BCUT2D eigenvalue weighted by molar-refractivity contribution is -0.0980. The number of nitrogens with one attached hydrogen (secondary N) is 2. The van der Waals surface area contributed by atoms with Gasteiger partial charge >= 0.3 is 0 Å². The van der Waals surface area contributed by atoms with Gasteiger partial charge in [0.15, 0.2) is 5.17 Å². The van der Waals surface area contributed by atoms with Crippen LogP contribution in [0.1, 0.15) is 63.8 Å². The predicted octanol–water partition coefficient (Wildman–Crippen LogP) is 6.99. The fraction of sp³-hybridized carbons (Fsp3) is 0.500. The smallest absolute Gasteiger partial charge is 0.161 e. The van der Waals surface area contributed by atoms with Gasteiger partial charge in [-0.25, -0.2) is 0 Å². The summed E-state index contributed by atoms with van der Waals surface area (Å²) in [6.45, 7) is 12.9. The molecule has 206 valence electrons. The van der Waals surface area contributed by atoms with Crippen molar-refractivity contribution in [1.29, 1.82) is 10.8 Å². The molecule has 0 saturated heterocycles. The molecule has 1 aromatic heterocycles. The molecule has 1 aromatic carbocycles. The van der Waals surface area contributed by atoms with Crippen LogP contribution in [0, 0.1) is 29.6 Å². The van der Waals surface area contributed by atoms with Crippen LogP contribution in [0.4, 0.5) is 0 Å². The lowest BCUT2D eigenvalue weighted by Crippen LogP contribution is -2.33. The topological polar surface area (TPSA) is 106 Å². The number of hydrogen-bond donors (Lipinski definition) is 2. The van der Waals surface area contributed by atoms with E-state index in [2.05, 4.69) is 35.3 Å². The number of nitrogens with zero attached hydrogens (tertiary/aromatic N) is 3. The molecule has 38 heavy (non-hydrogen) atoms. The number of carbonyl (C=O) groups excluding carboxylic acids is 1. The summed E-state index contributed by atoms with van der Waals surface area (Å²) in [6.07, 6.45) is 7.52. The number of hydrogen-bond acceptors (Lipinski definition) is 7. The number of benzene rings is 1. The number of aromatic nitrogens is 1. The average molecular weight is 538 g/mol. The second-order valence-electron chi connectivity index (χ2n) is 10.0. The van der Waals surface area contributed by atoms with Gasteiger partial charge in [-0.15, -0.1) is 0 Å². The first-order valence-electron chi connectivity index (χ1n) is 13.3. The Morgan fingerprint density at radius 2 is 1.97 bits per heavy atom. The summed E-state index contributed by atoms with van der Waals surface area (Å²) in [5.74, 6) is 3.19. The zero-order valence-electron chi connectivity index (χ0n) is 23.8. The van der Waals surface area contributed by atoms with Crippen molar-refractivity contribution < 1.29 is 9.32 Å². The molecule has 2 N–H and O–H groups in total. The van der Waals surface area contributed by atoms with Crippen molar-refractivity contribution in [3.05, 3.63) is 52.3 Å². The third-order valence-electron chi connectivity index (χ3n) is 7.06. The van der Waals surface area contributed by atoms with Gasteiger partial charge in [-0.2, -0.15) is 0 Å². The molecule has 0 saturated carbocycles. The van der Waals surface area contributed by atoms with Crippen LogP contribution in [0.25, 0.3) is 11.3 Å². The zero-order chi connectivity index (χ0) is 28.2. The maximum Gasteiger partial charge on any atom is 0.161 e. The van der Waals surface area contributed by atoms with Crippen LogP contribution in [-0.2, 0) is 17.6 Å². The first-order valence-corrected chi connectivity index (χ1v) is 14.2. The van der Waals surface area contributed by atoms with Gasteiger partial charge in [0.05, 0.1) is 0 Å². The number of aliphatic imine (C=N–C) groups is 1. The van der Waals surface area contributed by atoms with Crippen molar-refractivity contribution in [2.24, 2.45) is 16.8 Å². The summed E-state index contributed by atoms with van der Waals surface area (Å²) in [5, 5.41) is 21.8. The number of thioether (sulfide) groups is 1. The predicted molar refractivity (Wildman–Crippen MR) is 161 cm³/mol. The number of rotatable bonds is 7. The van der Waals surface area contributed by atoms with E-state index in [0.29, 0.717) is 29.4 Å². The largest absolute Gasteiger partial charge is 0.361 e. The number of fused-ring (bicyclic) bond motifs is 1. The lowest BCUT2D eigenvalue weighted by atomic mass is 9.81. The molecule has 1 aliphatic carbocycles. The number of allylic oxidation sites excluding steroid dienone is 1. The molecule has 0 aliphatic heterocycles. The Morgan fingerprint density at radius 1 is 1.24 bits per heavy atom. The Bertz CT molecular complexity index is 1150. The van der Waals surface area contributed by atoms with E-state index in [1.54, 1.807) is 22.9 Å². The third kappa shape index (κ3) is 8.51. The molecule has 2 unspecified atom stereocenters.